The molecule has 0 radical (unpaired) electrons. The topological polar surface area (TPSA) is 75.8 Å². The molecule has 2 heterocycles. The van der Waals surface area contributed by atoms with Crippen LogP contribution in [0.5, 0.6) is 5.75 Å². The Labute approximate surface area is 147 Å². The Morgan fingerprint density at radius 2 is 2.08 bits per heavy atom. The van der Waals surface area contributed by atoms with Crippen LogP contribution in [0.1, 0.15) is 36.0 Å². The second-order valence-corrected chi connectivity index (χ2v) is 6.58. The zero-order valence-electron chi connectivity index (χ0n) is 14.9. The summed E-state index contributed by atoms with van der Waals surface area (Å²) < 4.78 is 10.9. The first-order valence-electron chi connectivity index (χ1n) is 8.57. The summed E-state index contributed by atoms with van der Waals surface area (Å²) in [6.07, 6.45) is 1.83. The number of amides is 1. The molecule has 2 atom stereocenters. The van der Waals surface area contributed by atoms with Gasteiger partial charge in [0.1, 0.15) is 11.5 Å². The molecule has 1 N–H and O–H groups in total. The first-order valence-corrected chi connectivity index (χ1v) is 8.57. The molecular weight excluding hydrogens is 320 g/mol. The number of hydrogen-bond acceptors (Lipinski definition) is 5. The Kier molecular flexibility index (Phi) is 5.08. The lowest BCUT2D eigenvalue weighted by Gasteiger charge is -2.37. The summed E-state index contributed by atoms with van der Waals surface area (Å²) in [4.78, 5) is 19.2. The quantitative estimate of drug-likeness (QED) is 0.923. The highest BCUT2D eigenvalue weighted by Gasteiger charge is 2.32. The molecule has 1 aromatic heterocycles. The largest absolute Gasteiger partial charge is 0.497 e. The van der Waals surface area contributed by atoms with Gasteiger partial charge in [0.15, 0.2) is 5.69 Å². The van der Waals surface area contributed by atoms with Gasteiger partial charge in [-0.3, -0.25) is 4.79 Å². The monoisotopic (exact) mass is 344 g/mol. The summed E-state index contributed by atoms with van der Waals surface area (Å²) in [6.45, 7) is 4.45. The molecule has 1 aliphatic heterocycles. The van der Waals surface area contributed by atoms with E-state index in [-0.39, 0.29) is 24.5 Å². The fraction of sp³-hybridized carbons (Fsp3) is 0.474. The Morgan fingerprint density at radius 3 is 2.72 bits per heavy atom. The molecule has 1 aliphatic rings. The van der Waals surface area contributed by atoms with E-state index in [1.54, 1.807) is 18.9 Å². The molecule has 0 aliphatic carbocycles. The van der Waals surface area contributed by atoms with Crippen LogP contribution in [0.2, 0.25) is 0 Å². The van der Waals surface area contributed by atoms with Crippen LogP contribution in [0, 0.1) is 12.8 Å². The van der Waals surface area contributed by atoms with Crippen molar-refractivity contribution in [1.82, 2.24) is 9.88 Å². The molecule has 3 rings (SSSR count). The Balaban J connectivity index is 1.84. The zero-order valence-corrected chi connectivity index (χ0v) is 14.9. The summed E-state index contributed by atoms with van der Waals surface area (Å²) >= 11 is 0. The summed E-state index contributed by atoms with van der Waals surface area (Å²) in [5, 5.41) is 9.42. The number of nitrogens with zero attached hydrogens (tertiary/aromatic N) is 2. The van der Waals surface area contributed by atoms with E-state index in [1.165, 1.54) is 0 Å². The van der Waals surface area contributed by atoms with Crippen molar-refractivity contribution in [1.29, 1.82) is 0 Å². The molecule has 0 bridgehead atoms. The SMILES string of the molecule is COc1ccc(-c2nc(C(=O)N3CC(CO)CCC3C)c(C)o2)cc1. The van der Waals surface area contributed by atoms with E-state index < -0.39 is 0 Å². The van der Waals surface area contributed by atoms with Crippen LogP contribution in [-0.4, -0.2) is 47.2 Å². The van der Waals surface area contributed by atoms with Crippen molar-refractivity contribution in [2.75, 3.05) is 20.3 Å². The van der Waals surface area contributed by atoms with Crippen LogP contribution in [0.25, 0.3) is 11.5 Å². The number of piperidine rings is 1. The Bertz CT molecular complexity index is 738. The minimum atomic E-state index is -0.133. The van der Waals surface area contributed by atoms with Crippen molar-refractivity contribution >= 4 is 5.91 Å². The minimum Gasteiger partial charge on any atom is -0.497 e. The van der Waals surface area contributed by atoms with Gasteiger partial charge in [-0.15, -0.1) is 0 Å². The Hall–Kier alpha value is -2.34. The second kappa shape index (κ2) is 7.27. The molecule has 134 valence electrons. The maximum Gasteiger partial charge on any atom is 0.276 e. The van der Waals surface area contributed by atoms with Gasteiger partial charge in [-0.25, -0.2) is 4.98 Å². The number of carbonyl (C=O) groups excluding carboxylic acids is 1. The normalized spacial score (nSPS) is 20.6. The number of rotatable bonds is 4. The molecule has 1 amide bonds. The molecule has 1 saturated heterocycles. The fourth-order valence-electron chi connectivity index (χ4n) is 3.20. The van der Waals surface area contributed by atoms with Crippen LogP contribution in [-0.2, 0) is 0 Å². The highest BCUT2D eigenvalue weighted by atomic mass is 16.5. The highest BCUT2D eigenvalue weighted by molar-refractivity contribution is 5.94. The van der Waals surface area contributed by atoms with Crippen LogP contribution in [0.4, 0.5) is 0 Å². The van der Waals surface area contributed by atoms with Crippen molar-refractivity contribution in [3.63, 3.8) is 0 Å². The number of aryl methyl sites for hydroxylation is 1. The number of hydrogen-bond donors (Lipinski definition) is 1. The van der Waals surface area contributed by atoms with E-state index in [4.69, 9.17) is 9.15 Å². The van der Waals surface area contributed by atoms with E-state index in [0.29, 0.717) is 23.9 Å². The molecule has 0 spiro atoms. The Morgan fingerprint density at radius 1 is 1.36 bits per heavy atom. The van der Waals surface area contributed by atoms with Gasteiger partial charge >= 0.3 is 0 Å². The predicted molar refractivity (Wildman–Crippen MR) is 93.5 cm³/mol. The summed E-state index contributed by atoms with van der Waals surface area (Å²) in [5.74, 6) is 1.68. The molecule has 2 unspecified atom stereocenters. The molecule has 1 aromatic carbocycles. The number of aliphatic hydroxyl groups excluding tert-OH is 1. The first-order chi connectivity index (χ1) is 12.0. The highest BCUT2D eigenvalue weighted by Crippen LogP contribution is 2.27. The second-order valence-electron chi connectivity index (χ2n) is 6.58. The summed E-state index contributed by atoms with van der Waals surface area (Å²) in [5.41, 5.74) is 1.14. The van der Waals surface area contributed by atoms with Crippen molar-refractivity contribution in [3.05, 3.63) is 35.7 Å². The standard InChI is InChI=1S/C19H24N2O4/c1-12-4-5-14(11-22)10-21(12)19(23)17-13(2)25-18(20-17)15-6-8-16(24-3)9-7-15/h6-9,12,14,22H,4-5,10-11H2,1-3H3. The van der Waals surface area contributed by atoms with Crippen LogP contribution in [0.3, 0.4) is 0 Å². The average Bonchev–Trinajstić information content (AvgIpc) is 3.03. The average molecular weight is 344 g/mol. The van der Waals surface area contributed by atoms with E-state index in [2.05, 4.69) is 4.98 Å². The summed E-state index contributed by atoms with van der Waals surface area (Å²) in [6, 6.07) is 7.49. The van der Waals surface area contributed by atoms with Crippen LogP contribution in [0.15, 0.2) is 28.7 Å². The van der Waals surface area contributed by atoms with E-state index in [9.17, 15) is 9.90 Å². The zero-order chi connectivity index (χ0) is 18.0. The van der Waals surface area contributed by atoms with E-state index in [1.807, 2.05) is 31.2 Å². The lowest BCUT2D eigenvalue weighted by molar-refractivity contribution is 0.0482. The van der Waals surface area contributed by atoms with Gasteiger partial charge in [0, 0.05) is 24.8 Å². The lowest BCUT2D eigenvalue weighted by Crippen LogP contribution is -2.46. The van der Waals surface area contributed by atoms with Crippen molar-refractivity contribution in [2.24, 2.45) is 5.92 Å². The number of aromatic nitrogens is 1. The number of aliphatic hydroxyl groups is 1. The van der Waals surface area contributed by atoms with Gasteiger partial charge in [0.2, 0.25) is 5.89 Å². The van der Waals surface area contributed by atoms with Gasteiger partial charge in [-0.2, -0.15) is 0 Å². The van der Waals surface area contributed by atoms with E-state index >= 15 is 0 Å². The van der Waals surface area contributed by atoms with Gasteiger partial charge < -0.3 is 19.2 Å². The lowest BCUT2D eigenvalue weighted by atomic mass is 9.94. The van der Waals surface area contributed by atoms with Crippen molar-refractivity contribution in [3.8, 4) is 17.2 Å². The third-order valence-electron chi connectivity index (χ3n) is 4.83. The molecule has 25 heavy (non-hydrogen) atoms. The van der Waals surface area contributed by atoms with Gasteiger partial charge in [-0.1, -0.05) is 0 Å². The molecule has 6 nitrogen and oxygen atoms in total. The maximum absolute atomic E-state index is 12.9. The van der Waals surface area contributed by atoms with Crippen molar-refractivity contribution < 1.29 is 19.1 Å². The third kappa shape index (κ3) is 3.54. The third-order valence-corrected chi connectivity index (χ3v) is 4.83. The molecule has 1 fully saturated rings. The van der Waals surface area contributed by atoms with Crippen LogP contribution >= 0.6 is 0 Å². The molecule has 0 saturated carbocycles. The number of carbonyl (C=O) groups is 1. The predicted octanol–water partition coefficient (Wildman–Crippen LogP) is 2.89. The van der Waals surface area contributed by atoms with Gasteiger partial charge in [0.25, 0.3) is 5.91 Å². The first kappa shape index (κ1) is 17.5. The molecule has 2 aromatic rings. The van der Waals surface area contributed by atoms with E-state index in [0.717, 1.165) is 24.2 Å². The number of benzene rings is 1. The van der Waals surface area contributed by atoms with Crippen LogP contribution < -0.4 is 4.74 Å². The summed E-state index contributed by atoms with van der Waals surface area (Å²) in [7, 11) is 1.61. The van der Waals surface area contributed by atoms with Gasteiger partial charge in [0.05, 0.1) is 7.11 Å². The number of ether oxygens (including phenoxy) is 1. The van der Waals surface area contributed by atoms with Gasteiger partial charge in [-0.05, 0) is 56.9 Å². The maximum atomic E-state index is 12.9. The number of oxazole rings is 1. The van der Waals surface area contributed by atoms with Crippen molar-refractivity contribution in [2.45, 2.75) is 32.7 Å². The molecule has 6 heteroatoms. The molecular formula is C19H24N2O4. The fourth-order valence-corrected chi connectivity index (χ4v) is 3.20. The minimum absolute atomic E-state index is 0.103. The number of methoxy groups -OCH3 is 1. The smallest absolute Gasteiger partial charge is 0.276 e. The number of likely N-dealkylation sites (tertiary alicyclic amines) is 1.